The summed E-state index contributed by atoms with van der Waals surface area (Å²) in [5.74, 6) is 1.04. The molecule has 9 heteroatoms. The van der Waals surface area contributed by atoms with Gasteiger partial charge in [-0.3, -0.25) is 4.98 Å². The summed E-state index contributed by atoms with van der Waals surface area (Å²) in [4.78, 5) is 23.8. The first-order chi connectivity index (χ1) is 13.0. The Kier molecular flexibility index (Phi) is 5.77. The highest BCUT2D eigenvalue weighted by atomic mass is 35.5. The zero-order valence-corrected chi connectivity index (χ0v) is 15.3. The molecule has 0 atom stereocenters. The minimum absolute atomic E-state index is 0.213. The van der Waals surface area contributed by atoms with Gasteiger partial charge in [0.05, 0.1) is 12.8 Å². The highest BCUT2D eigenvalue weighted by Crippen LogP contribution is 2.28. The highest BCUT2D eigenvalue weighted by molar-refractivity contribution is 6.29. The van der Waals surface area contributed by atoms with Gasteiger partial charge in [-0.1, -0.05) is 16.8 Å². The molecule has 3 aromatic rings. The summed E-state index contributed by atoms with van der Waals surface area (Å²) >= 11 is 6.06. The average molecular weight is 387 g/mol. The third-order valence-electron chi connectivity index (χ3n) is 3.20. The summed E-state index contributed by atoms with van der Waals surface area (Å²) in [6.45, 7) is 3.77. The number of aryl methyl sites for hydroxylation is 1. The molecule has 0 spiro atoms. The van der Waals surface area contributed by atoms with E-state index in [1.54, 1.807) is 44.3 Å². The van der Waals surface area contributed by atoms with Gasteiger partial charge in [0.15, 0.2) is 5.82 Å². The second-order valence-corrected chi connectivity index (χ2v) is 5.69. The fourth-order valence-corrected chi connectivity index (χ4v) is 2.32. The van der Waals surface area contributed by atoms with Crippen molar-refractivity contribution in [3.05, 3.63) is 53.2 Å². The van der Waals surface area contributed by atoms with Crippen LogP contribution in [0.1, 0.15) is 18.3 Å². The molecular formula is C18H15ClN4O4. The van der Waals surface area contributed by atoms with E-state index in [0.29, 0.717) is 35.2 Å². The number of pyridine rings is 2. The van der Waals surface area contributed by atoms with Crippen molar-refractivity contribution in [2.45, 2.75) is 13.8 Å². The first-order valence-corrected chi connectivity index (χ1v) is 8.37. The van der Waals surface area contributed by atoms with Crippen LogP contribution in [0.4, 0.5) is 0 Å². The molecule has 3 aromatic heterocycles. The van der Waals surface area contributed by atoms with E-state index in [1.807, 2.05) is 0 Å². The predicted molar refractivity (Wildman–Crippen MR) is 97.3 cm³/mol. The Labute approximate surface area is 159 Å². The molecule has 0 bridgehead atoms. The summed E-state index contributed by atoms with van der Waals surface area (Å²) in [6, 6.07) is 4.92. The quantitative estimate of drug-likeness (QED) is 0.357. The van der Waals surface area contributed by atoms with Crippen LogP contribution in [-0.4, -0.2) is 32.7 Å². The Balaban J connectivity index is 1.80. The fourth-order valence-electron chi connectivity index (χ4n) is 2.12. The number of rotatable bonds is 6. The van der Waals surface area contributed by atoms with Crippen LogP contribution >= 0.6 is 11.6 Å². The monoisotopic (exact) mass is 386 g/mol. The lowest BCUT2D eigenvalue weighted by atomic mass is 10.2. The Morgan fingerprint density at radius 1 is 1.26 bits per heavy atom. The predicted octanol–water partition coefficient (Wildman–Crippen LogP) is 3.86. The van der Waals surface area contributed by atoms with Gasteiger partial charge in [-0.05, 0) is 37.6 Å². The molecule has 0 fully saturated rings. The standard InChI is InChI=1S/C18H15ClN4O4/c1-3-25-17(24)5-4-12-6-14(10-20-9-12)26-16-8-13(7-15(19)22-16)18-21-11(2)23-27-18/h4-10H,3H2,1-2H3/b5-4+. The van der Waals surface area contributed by atoms with Gasteiger partial charge >= 0.3 is 5.97 Å². The molecule has 0 aliphatic heterocycles. The van der Waals surface area contributed by atoms with Crippen LogP contribution in [0.3, 0.4) is 0 Å². The normalized spacial score (nSPS) is 10.9. The number of esters is 1. The number of ether oxygens (including phenoxy) is 2. The molecule has 0 unspecified atom stereocenters. The van der Waals surface area contributed by atoms with Crippen molar-refractivity contribution in [1.29, 1.82) is 0 Å². The number of halogens is 1. The molecule has 3 rings (SSSR count). The van der Waals surface area contributed by atoms with E-state index in [-0.39, 0.29) is 11.0 Å². The summed E-state index contributed by atoms with van der Waals surface area (Å²) in [5, 5.41) is 3.96. The second kappa shape index (κ2) is 8.41. The largest absolute Gasteiger partial charge is 0.463 e. The summed E-state index contributed by atoms with van der Waals surface area (Å²) in [6.07, 6.45) is 6.00. The van der Waals surface area contributed by atoms with Gasteiger partial charge in [-0.25, -0.2) is 9.78 Å². The molecule has 0 saturated carbocycles. The molecule has 0 amide bonds. The molecule has 0 N–H and O–H groups in total. The third-order valence-corrected chi connectivity index (χ3v) is 3.39. The second-order valence-electron chi connectivity index (χ2n) is 5.30. The lowest BCUT2D eigenvalue weighted by molar-refractivity contribution is -0.137. The number of hydrogen-bond donors (Lipinski definition) is 0. The van der Waals surface area contributed by atoms with Crippen molar-refractivity contribution in [3.63, 3.8) is 0 Å². The molecule has 0 aromatic carbocycles. The van der Waals surface area contributed by atoms with Gasteiger partial charge in [0.2, 0.25) is 5.88 Å². The minimum Gasteiger partial charge on any atom is -0.463 e. The zero-order chi connectivity index (χ0) is 19.2. The van der Waals surface area contributed by atoms with Crippen molar-refractivity contribution in [1.82, 2.24) is 20.1 Å². The molecule has 8 nitrogen and oxygen atoms in total. The molecule has 3 heterocycles. The van der Waals surface area contributed by atoms with E-state index in [2.05, 4.69) is 20.1 Å². The van der Waals surface area contributed by atoms with Gasteiger partial charge in [0.1, 0.15) is 10.9 Å². The summed E-state index contributed by atoms with van der Waals surface area (Å²) in [5.41, 5.74) is 1.24. The van der Waals surface area contributed by atoms with Gasteiger partial charge in [-0.15, -0.1) is 0 Å². The first-order valence-electron chi connectivity index (χ1n) is 7.99. The van der Waals surface area contributed by atoms with Crippen molar-refractivity contribution in [2.24, 2.45) is 0 Å². The number of hydrogen-bond acceptors (Lipinski definition) is 8. The highest BCUT2D eigenvalue weighted by Gasteiger charge is 2.11. The average Bonchev–Trinajstić information content (AvgIpc) is 3.07. The Bertz CT molecular complexity index is 987. The maximum absolute atomic E-state index is 11.4. The van der Waals surface area contributed by atoms with E-state index in [4.69, 9.17) is 25.6 Å². The van der Waals surface area contributed by atoms with E-state index in [9.17, 15) is 4.79 Å². The van der Waals surface area contributed by atoms with E-state index >= 15 is 0 Å². The van der Waals surface area contributed by atoms with Crippen molar-refractivity contribution >= 4 is 23.6 Å². The van der Waals surface area contributed by atoms with Crippen LogP contribution in [-0.2, 0) is 9.53 Å². The van der Waals surface area contributed by atoms with Crippen molar-refractivity contribution < 1.29 is 18.8 Å². The van der Waals surface area contributed by atoms with Gasteiger partial charge < -0.3 is 14.0 Å². The molecule has 0 aliphatic carbocycles. The van der Waals surface area contributed by atoms with E-state index in [1.165, 1.54) is 12.3 Å². The topological polar surface area (TPSA) is 100 Å². The van der Waals surface area contributed by atoms with Gasteiger partial charge in [-0.2, -0.15) is 4.98 Å². The van der Waals surface area contributed by atoms with Crippen molar-refractivity contribution in [3.8, 4) is 23.1 Å². The van der Waals surface area contributed by atoms with Gasteiger partial charge in [0, 0.05) is 23.9 Å². The molecular weight excluding hydrogens is 372 g/mol. The zero-order valence-electron chi connectivity index (χ0n) is 14.5. The van der Waals surface area contributed by atoms with E-state index < -0.39 is 5.97 Å². The molecule has 0 aliphatic rings. The van der Waals surface area contributed by atoms with Crippen LogP contribution < -0.4 is 4.74 Å². The smallest absolute Gasteiger partial charge is 0.330 e. The Morgan fingerprint density at radius 3 is 2.85 bits per heavy atom. The molecule has 0 radical (unpaired) electrons. The maximum atomic E-state index is 11.4. The number of nitrogens with zero attached hydrogens (tertiary/aromatic N) is 4. The lowest BCUT2D eigenvalue weighted by Crippen LogP contribution is -1.98. The molecule has 0 saturated heterocycles. The van der Waals surface area contributed by atoms with Crippen LogP contribution in [0.2, 0.25) is 5.15 Å². The Hall–Kier alpha value is -3.26. The summed E-state index contributed by atoms with van der Waals surface area (Å²) in [7, 11) is 0. The minimum atomic E-state index is -0.431. The molecule has 27 heavy (non-hydrogen) atoms. The third kappa shape index (κ3) is 5.11. The van der Waals surface area contributed by atoms with Crippen LogP contribution in [0.5, 0.6) is 11.6 Å². The Morgan fingerprint density at radius 2 is 2.11 bits per heavy atom. The van der Waals surface area contributed by atoms with Crippen LogP contribution in [0, 0.1) is 6.92 Å². The van der Waals surface area contributed by atoms with Crippen LogP contribution in [0.25, 0.3) is 17.5 Å². The first kappa shape index (κ1) is 18.5. The number of aromatic nitrogens is 4. The lowest BCUT2D eigenvalue weighted by Gasteiger charge is -2.06. The van der Waals surface area contributed by atoms with Crippen molar-refractivity contribution in [2.75, 3.05) is 6.61 Å². The molecule has 138 valence electrons. The maximum Gasteiger partial charge on any atom is 0.330 e. The SMILES string of the molecule is CCOC(=O)/C=C/c1cncc(Oc2cc(-c3nc(C)no3)cc(Cl)n2)c1. The fraction of sp³-hybridized carbons (Fsp3) is 0.167. The van der Waals surface area contributed by atoms with E-state index in [0.717, 1.165) is 0 Å². The van der Waals surface area contributed by atoms with Gasteiger partial charge in [0.25, 0.3) is 5.89 Å². The summed E-state index contributed by atoms with van der Waals surface area (Å²) < 4.78 is 15.7. The van der Waals surface area contributed by atoms with Crippen LogP contribution in [0.15, 0.2) is 41.2 Å². The number of carbonyl (C=O) groups is 1. The number of carbonyl (C=O) groups excluding carboxylic acids is 1.